The predicted octanol–water partition coefficient (Wildman–Crippen LogP) is 1.08. The third kappa shape index (κ3) is 4.31. The maximum absolute atomic E-state index is 3.42. The predicted molar refractivity (Wildman–Crippen MR) is 56.6 cm³/mol. The van der Waals surface area contributed by atoms with Gasteiger partial charge >= 0.3 is 0 Å². The normalized spacial score (nSPS) is 23.7. The van der Waals surface area contributed by atoms with Crippen LogP contribution < -0.4 is 5.32 Å². The largest absolute Gasteiger partial charge is 0.312 e. The van der Waals surface area contributed by atoms with E-state index < -0.39 is 0 Å². The van der Waals surface area contributed by atoms with Crippen molar-refractivity contribution in [3.8, 4) is 11.8 Å². The summed E-state index contributed by atoms with van der Waals surface area (Å²) < 4.78 is 0. The second-order valence-corrected chi connectivity index (χ2v) is 3.69. The van der Waals surface area contributed by atoms with Crippen LogP contribution in [-0.4, -0.2) is 37.1 Å². The fourth-order valence-corrected chi connectivity index (χ4v) is 1.54. The molecule has 1 heterocycles. The maximum Gasteiger partial charge on any atom is 0.0602 e. The molecule has 0 radical (unpaired) electrons. The van der Waals surface area contributed by atoms with Crippen LogP contribution in [-0.2, 0) is 0 Å². The van der Waals surface area contributed by atoms with E-state index in [0.29, 0.717) is 6.04 Å². The molecule has 1 N–H and O–H groups in total. The third-order valence-electron chi connectivity index (χ3n) is 2.26. The molecule has 0 amide bonds. The summed E-state index contributed by atoms with van der Waals surface area (Å²) in [6.07, 6.45) is 2.21. The summed E-state index contributed by atoms with van der Waals surface area (Å²) in [4.78, 5) is 2.42. The molecule has 1 atom stereocenters. The van der Waals surface area contributed by atoms with E-state index in [1.165, 1.54) is 6.42 Å². The maximum atomic E-state index is 3.42. The average molecular weight is 180 g/mol. The monoisotopic (exact) mass is 180 g/mol. The molecule has 0 aromatic carbocycles. The van der Waals surface area contributed by atoms with Crippen molar-refractivity contribution in [3.05, 3.63) is 0 Å². The molecule has 2 heteroatoms. The zero-order valence-electron chi connectivity index (χ0n) is 8.77. The van der Waals surface area contributed by atoms with Crippen LogP contribution in [0.3, 0.4) is 0 Å². The number of rotatable bonds is 2. The van der Waals surface area contributed by atoms with Gasteiger partial charge in [-0.05, 0) is 13.3 Å². The van der Waals surface area contributed by atoms with Crippen LogP contribution in [0.15, 0.2) is 0 Å². The molecule has 0 aromatic rings. The van der Waals surface area contributed by atoms with E-state index in [9.17, 15) is 0 Å². The number of nitrogens with zero attached hydrogens (tertiary/aromatic N) is 1. The van der Waals surface area contributed by atoms with Crippen LogP contribution in [0, 0.1) is 11.8 Å². The van der Waals surface area contributed by atoms with Crippen molar-refractivity contribution in [2.24, 2.45) is 0 Å². The van der Waals surface area contributed by atoms with Crippen molar-refractivity contribution >= 4 is 0 Å². The number of piperazine rings is 1. The Balaban J connectivity index is 2.17. The van der Waals surface area contributed by atoms with Gasteiger partial charge in [-0.15, -0.1) is 5.92 Å². The Morgan fingerprint density at radius 3 is 3.00 bits per heavy atom. The molecule has 1 aliphatic rings. The van der Waals surface area contributed by atoms with E-state index in [4.69, 9.17) is 0 Å². The summed E-state index contributed by atoms with van der Waals surface area (Å²) in [6, 6.07) is 0.627. The van der Waals surface area contributed by atoms with E-state index >= 15 is 0 Å². The Morgan fingerprint density at radius 1 is 1.46 bits per heavy atom. The smallest absolute Gasteiger partial charge is 0.0602 e. The Hall–Kier alpha value is -0.520. The van der Waals surface area contributed by atoms with Crippen LogP contribution in [0.4, 0.5) is 0 Å². The van der Waals surface area contributed by atoms with Crippen LogP contribution in [0.25, 0.3) is 0 Å². The molecule has 0 saturated carbocycles. The lowest BCUT2D eigenvalue weighted by molar-refractivity contribution is 0.229. The molecule has 0 bridgehead atoms. The SMILES string of the molecule is CCCC#CCN1CCNC(C)C1. The molecule has 1 saturated heterocycles. The topological polar surface area (TPSA) is 15.3 Å². The van der Waals surface area contributed by atoms with Gasteiger partial charge in [0.15, 0.2) is 0 Å². The lowest BCUT2D eigenvalue weighted by Crippen LogP contribution is -2.49. The molecule has 1 aliphatic heterocycles. The van der Waals surface area contributed by atoms with Crippen molar-refractivity contribution < 1.29 is 0 Å². The van der Waals surface area contributed by atoms with Crippen molar-refractivity contribution in [2.75, 3.05) is 26.2 Å². The van der Waals surface area contributed by atoms with Crippen LogP contribution in [0.5, 0.6) is 0 Å². The van der Waals surface area contributed by atoms with Gasteiger partial charge in [0.25, 0.3) is 0 Å². The highest BCUT2D eigenvalue weighted by Gasteiger charge is 2.13. The van der Waals surface area contributed by atoms with Gasteiger partial charge in [-0.2, -0.15) is 0 Å². The van der Waals surface area contributed by atoms with Gasteiger partial charge in [0, 0.05) is 32.1 Å². The van der Waals surface area contributed by atoms with Gasteiger partial charge in [0.2, 0.25) is 0 Å². The third-order valence-corrected chi connectivity index (χ3v) is 2.26. The summed E-state index contributed by atoms with van der Waals surface area (Å²) in [6.45, 7) is 8.74. The van der Waals surface area contributed by atoms with Gasteiger partial charge in [-0.25, -0.2) is 0 Å². The molecular formula is C11H20N2. The summed E-state index contributed by atoms with van der Waals surface area (Å²) in [5.74, 6) is 6.41. The summed E-state index contributed by atoms with van der Waals surface area (Å²) >= 11 is 0. The first-order valence-corrected chi connectivity index (χ1v) is 5.24. The van der Waals surface area contributed by atoms with Crippen LogP contribution in [0.1, 0.15) is 26.7 Å². The molecule has 2 nitrogen and oxygen atoms in total. The van der Waals surface area contributed by atoms with E-state index in [0.717, 1.165) is 32.6 Å². The second-order valence-electron chi connectivity index (χ2n) is 3.69. The minimum atomic E-state index is 0.627. The quantitative estimate of drug-likeness (QED) is 0.640. The standard InChI is InChI=1S/C11H20N2/c1-3-4-5-6-8-13-9-7-12-11(2)10-13/h11-12H,3-4,7-10H2,1-2H3. The Bertz CT molecular complexity index is 190. The molecule has 13 heavy (non-hydrogen) atoms. The Morgan fingerprint density at radius 2 is 2.31 bits per heavy atom. The van der Waals surface area contributed by atoms with Gasteiger partial charge < -0.3 is 5.32 Å². The molecule has 0 aromatic heterocycles. The second kappa shape index (κ2) is 6.01. The Kier molecular flexibility index (Phi) is 4.88. The number of hydrogen-bond acceptors (Lipinski definition) is 2. The zero-order valence-corrected chi connectivity index (χ0v) is 8.77. The highest BCUT2D eigenvalue weighted by atomic mass is 15.2. The molecule has 1 fully saturated rings. The minimum absolute atomic E-state index is 0.627. The average Bonchev–Trinajstić information content (AvgIpc) is 2.13. The minimum Gasteiger partial charge on any atom is -0.312 e. The van der Waals surface area contributed by atoms with Crippen molar-refractivity contribution in [1.29, 1.82) is 0 Å². The van der Waals surface area contributed by atoms with Crippen molar-refractivity contribution in [1.82, 2.24) is 10.2 Å². The van der Waals surface area contributed by atoms with Gasteiger partial charge in [0.05, 0.1) is 6.54 Å². The lowest BCUT2D eigenvalue weighted by Gasteiger charge is -2.30. The highest BCUT2D eigenvalue weighted by molar-refractivity contribution is 5.01. The number of hydrogen-bond donors (Lipinski definition) is 1. The first kappa shape index (κ1) is 10.6. The van der Waals surface area contributed by atoms with Crippen LogP contribution >= 0.6 is 0 Å². The first-order chi connectivity index (χ1) is 6.33. The fraction of sp³-hybridized carbons (Fsp3) is 0.818. The molecule has 0 spiro atoms. The fourth-order valence-electron chi connectivity index (χ4n) is 1.54. The molecule has 74 valence electrons. The van der Waals surface area contributed by atoms with E-state index in [-0.39, 0.29) is 0 Å². The van der Waals surface area contributed by atoms with E-state index in [2.05, 4.69) is 35.9 Å². The zero-order chi connectivity index (χ0) is 9.52. The number of unbranched alkanes of at least 4 members (excludes halogenated alkanes) is 1. The molecule has 1 unspecified atom stereocenters. The molecular weight excluding hydrogens is 160 g/mol. The van der Waals surface area contributed by atoms with Crippen molar-refractivity contribution in [2.45, 2.75) is 32.7 Å². The van der Waals surface area contributed by atoms with Gasteiger partial charge in [-0.3, -0.25) is 4.90 Å². The first-order valence-electron chi connectivity index (χ1n) is 5.24. The highest BCUT2D eigenvalue weighted by Crippen LogP contribution is 1.96. The van der Waals surface area contributed by atoms with Gasteiger partial charge in [0.1, 0.15) is 0 Å². The van der Waals surface area contributed by atoms with E-state index in [1.807, 2.05) is 0 Å². The van der Waals surface area contributed by atoms with Crippen LogP contribution in [0.2, 0.25) is 0 Å². The van der Waals surface area contributed by atoms with Gasteiger partial charge in [-0.1, -0.05) is 12.8 Å². The number of nitrogens with one attached hydrogen (secondary N) is 1. The van der Waals surface area contributed by atoms with Crippen molar-refractivity contribution in [3.63, 3.8) is 0 Å². The summed E-state index contributed by atoms with van der Waals surface area (Å²) in [5, 5.41) is 3.42. The molecule has 1 rings (SSSR count). The molecule has 0 aliphatic carbocycles. The van der Waals surface area contributed by atoms with E-state index in [1.54, 1.807) is 0 Å². The lowest BCUT2D eigenvalue weighted by atomic mass is 10.2. The summed E-state index contributed by atoms with van der Waals surface area (Å²) in [5.41, 5.74) is 0. The summed E-state index contributed by atoms with van der Waals surface area (Å²) in [7, 11) is 0. The Labute approximate surface area is 81.7 Å².